The predicted octanol–water partition coefficient (Wildman–Crippen LogP) is 4.07. The molecule has 1 aliphatic rings. The van der Waals surface area contributed by atoms with Crippen molar-refractivity contribution in [2.75, 3.05) is 13.1 Å². The topological polar surface area (TPSA) is 55.2 Å². The number of nitrogens with zero attached hydrogens (tertiary/aromatic N) is 3. The summed E-state index contributed by atoms with van der Waals surface area (Å²) in [5.74, 6) is -0.157. The van der Waals surface area contributed by atoms with Crippen LogP contribution >= 0.6 is 11.6 Å². The Morgan fingerprint density at radius 1 is 1.22 bits per heavy atom. The molecule has 1 fully saturated rings. The van der Waals surface area contributed by atoms with Gasteiger partial charge in [-0.05, 0) is 43.2 Å². The van der Waals surface area contributed by atoms with Crippen molar-refractivity contribution in [3.8, 4) is 5.69 Å². The van der Waals surface area contributed by atoms with Crippen molar-refractivity contribution in [3.63, 3.8) is 0 Å². The quantitative estimate of drug-likeness (QED) is 0.639. The van der Waals surface area contributed by atoms with Crippen molar-refractivity contribution in [2.24, 2.45) is 0 Å². The second-order valence-electron chi connectivity index (χ2n) is 6.62. The fourth-order valence-electron chi connectivity index (χ4n) is 3.33. The molecule has 3 heterocycles. The maximum absolute atomic E-state index is 13.3. The van der Waals surface area contributed by atoms with Gasteiger partial charge in [-0.3, -0.25) is 14.2 Å². The number of likely N-dealkylation sites (tertiary alicyclic amines) is 1. The molecule has 0 spiro atoms. The third-order valence-corrected chi connectivity index (χ3v) is 5.16. The lowest BCUT2D eigenvalue weighted by molar-refractivity contribution is 0.0666. The molecule has 7 heteroatoms. The van der Waals surface area contributed by atoms with Crippen LogP contribution in [0.2, 0.25) is 5.02 Å². The van der Waals surface area contributed by atoms with Gasteiger partial charge in [0.1, 0.15) is 18.1 Å². The number of fused-ring (bicyclic) bond motifs is 1. The second kappa shape index (κ2) is 7.12. The molecule has 0 saturated carbocycles. The summed E-state index contributed by atoms with van der Waals surface area (Å²) < 4.78 is 15.1. The van der Waals surface area contributed by atoms with E-state index in [4.69, 9.17) is 11.6 Å². The van der Waals surface area contributed by atoms with Gasteiger partial charge in [0.05, 0.1) is 10.6 Å². The Labute approximate surface area is 160 Å². The number of alkyl halides is 1. The van der Waals surface area contributed by atoms with Crippen LogP contribution in [-0.4, -0.2) is 45.9 Å². The molecule has 138 valence electrons. The zero-order valence-corrected chi connectivity index (χ0v) is 15.2. The third kappa shape index (κ3) is 3.32. The standard InChI is InChI=1S/C20H17ClFN3O2/c21-18-11-25(16-3-1-13(12-26)2-4-16)19-17(18)9-14(10-23-19)20(27)24-7-5-15(22)6-8-24/h1-4,9-12,15H,5-8H2. The summed E-state index contributed by atoms with van der Waals surface area (Å²) >= 11 is 6.38. The lowest BCUT2D eigenvalue weighted by atomic mass is 10.1. The number of amides is 1. The number of halogens is 2. The fraction of sp³-hybridized carbons (Fsp3) is 0.250. The fourth-order valence-corrected chi connectivity index (χ4v) is 3.57. The molecule has 0 bridgehead atoms. The van der Waals surface area contributed by atoms with Gasteiger partial charge in [-0.2, -0.15) is 0 Å². The minimum atomic E-state index is -0.830. The third-order valence-electron chi connectivity index (χ3n) is 4.86. The highest BCUT2D eigenvalue weighted by Crippen LogP contribution is 2.28. The average Bonchev–Trinajstić information content (AvgIpc) is 3.04. The zero-order chi connectivity index (χ0) is 19.0. The van der Waals surface area contributed by atoms with E-state index in [1.807, 2.05) is 4.57 Å². The minimum Gasteiger partial charge on any atom is -0.338 e. The molecule has 3 aromatic rings. The van der Waals surface area contributed by atoms with Gasteiger partial charge in [0, 0.05) is 42.1 Å². The average molecular weight is 386 g/mol. The first-order valence-electron chi connectivity index (χ1n) is 8.72. The van der Waals surface area contributed by atoms with Gasteiger partial charge in [0.15, 0.2) is 0 Å². The lowest BCUT2D eigenvalue weighted by Gasteiger charge is -2.28. The van der Waals surface area contributed by atoms with E-state index in [-0.39, 0.29) is 5.91 Å². The van der Waals surface area contributed by atoms with E-state index in [2.05, 4.69) is 4.98 Å². The van der Waals surface area contributed by atoms with Crippen molar-refractivity contribution < 1.29 is 14.0 Å². The van der Waals surface area contributed by atoms with Crippen molar-refractivity contribution in [1.29, 1.82) is 0 Å². The number of carbonyl (C=O) groups is 2. The van der Waals surface area contributed by atoms with E-state index in [1.54, 1.807) is 41.4 Å². The van der Waals surface area contributed by atoms with Crippen LogP contribution in [0.25, 0.3) is 16.7 Å². The molecule has 5 nitrogen and oxygen atoms in total. The monoisotopic (exact) mass is 385 g/mol. The maximum atomic E-state index is 13.3. The van der Waals surface area contributed by atoms with Gasteiger partial charge >= 0.3 is 0 Å². The van der Waals surface area contributed by atoms with E-state index >= 15 is 0 Å². The highest BCUT2D eigenvalue weighted by Gasteiger charge is 2.24. The Morgan fingerprint density at radius 2 is 1.93 bits per heavy atom. The molecular formula is C20H17ClFN3O2. The molecular weight excluding hydrogens is 369 g/mol. The SMILES string of the molecule is O=Cc1ccc(-n2cc(Cl)c3cc(C(=O)N4CCC(F)CC4)cnc32)cc1. The molecule has 0 unspecified atom stereocenters. The molecule has 2 aromatic heterocycles. The first-order chi connectivity index (χ1) is 13.1. The number of benzene rings is 1. The Balaban J connectivity index is 1.68. The molecule has 1 saturated heterocycles. The largest absolute Gasteiger partial charge is 0.338 e. The van der Waals surface area contributed by atoms with Gasteiger partial charge < -0.3 is 4.90 Å². The van der Waals surface area contributed by atoms with Gasteiger partial charge in [-0.25, -0.2) is 9.37 Å². The Morgan fingerprint density at radius 3 is 2.59 bits per heavy atom. The molecule has 1 aromatic carbocycles. The van der Waals surface area contributed by atoms with Crippen molar-refractivity contribution in [2.45, 2.75) is 19.0 Å². The number of rotatable bonds is 3. The molecule has 0 atom stereocenters. The molecule has 4 rings (SSSR count). The summed E-state index contributed by atoms with van der Waals surface area (Å²) in [7, 11) is 0. The zero-order valence-electron chi connectivity index (χ0n) is 14.4. The van der Waals surface area contributed by atoms with Crippen LogP contribution in [0.3, 0.4) is 0 Å². The van der Waals surface area contributed by atoms with E-state index in [9.17, 15) is 14.0 Å². The number of aldehydes is 1. The van der Waals surface area contributed by atoms with Crippen molar-refractivity contribution in [1.82, 2.24) is 14.5 Å². The molecule has 0 radical (unpaired) electrons. The van der Waals surface area contributed by atoms with Crippen molar-refractivity contribution >= 4 is 34.8 Å². The molecule has 1 aliphatic heterocycles. The van der Waals surface area contributed by atoms with Gasteiger partial charge in [0.2, 0.25) is 0 Å². The van der Waals surface area contributed by atoms with E-state index in [1.165, 1.54) is 6.20 Å². The van der Waals surface area contributed by atoms with E-state index in [0.29, 0.717) is 53.1 Å². The number of hydrogen-bond acceptors (Lipinski definition) is 3. The highest BCUT2D eigenvalue weighted by molar-refractivity contribution is 6.35. The summed E-state index contributed by atoms with van der Waals surface area (Å²) in [6.45, 7) is 0.825. The summed E-state index contributed by atoms with van der Waals surface area (Å²) in [6.07, 6.45) is 3.96. The van der Waals surface area contributed by atoms with Crippen LogP contribution < -0.4 is 0 Å². The number of piperidine rings is 1. The highest BCUT2D eigenvalue weighted by atomic mass is 35.5. The number of pyridine rings is 1. The van der Waals surface area contributed by atoms with Crippen molar-refractivity contribution in [3.05, 3.63) is 58.9 Å². The molecule has 27 heavy (non-hydrogen) atoms. The van der Waals surface area contributed by atoms with E-state index in [0.717, 1.165) is 12.0 Å². The van der Waals surface area contributed by atoms with Gasteiger partial charge in [-0.1, -0.05) is 11.6 Å². The summed E-state index contributed by atoms with van der Waals surface area (Å²) in [5, 5.41) is 1.15. The first kappa shape index (κ1) is 17.7. The van der Waals surface area contributed by atoms with Crippen LogP contribution in [0.1, 0.15) is 33.6 Å². The number of hydrogen-bond donors (Lipinski definition) is 0. The molecule has 0 aliphatic carbocycles. The Kier molecular flexibility index (Phi) is 4.66. The smallest absolute Gasteiger partial charge is 0.255 e. The Bertz CT molecular complexity index is 1010. The minimum absolute atomic E-state index is 0.157. The van der Waals surface area contributed by atoms with Crippen LogP contribution in [0.5, 0.6) is 0 Å². The number of aromatic nitrogens is 2. The molecule has 1 amide bonds. The summed E-state index contributed by atoms with van der Waals surface area (Å²) in [4.78, 5) is 29.6. The van der Waals surface area contributed by atoms with Crippen LogP contribution in [0, 0.1) is 0 Å². The number of carbonyl (C=O) groups excluding carboxylic acids is 2. The van der Waals surface area contributed by atoms with Crippen LogP contribution in [0.15, 0.2) is 42.7 Å². The van der Waals surface area contributed by atoms with Crippen LogP contribution in [-0.2, 0) is 0 Å². The van der Waals surface area contributed by atoms with Gasteiger partial charge in [0.25, 0.3) is 5.91 Å². The van der Waals surface area contributed by atoms with Crippen LogP contribution in [0.4, 0.5) is 4.39 Å². The summed E-state index contributed by atoms with van der Waals surface area (Å²) in [5.41, 5.74) is 2.46. The Hall–Kier alpha value is -2.73. The normalized spacial score (nSPS) is 15.3. The lowest BCUT2D eigenvalue weighted by Crippen LogP contribution is -2.39. The maximum Gasteiger partial charge on any atom is 0.255 e. The second-order valence-corrected chi connectivity index (χ2v) is 7.03. The predicted molar refractivity (Wildman–Crippen MR) is 102 cm³/mol. The first-order valence-corrected chi connectivity index (χ1v) is 9.10. The van der Waals surface area contributed by atoms with Gasteiger partial charge in [-0.15, -0.1) is 0 Å². The van der Waals surface area contributed by atoms with E-state index < -0.39 is 6.17 Å². The summed E-state index contributed by atoms with van der Waals surface area (Å²) in [6, 6.07) is 8.77. The molecule has 0 N–H and O–H groups in total.